The van der Waals surface area contributed by atoms with Gasteiger partial charge < -0.3 is 4.90 Å². The molecule has 0 unspecified atom stereocenters. The van der Waals surface area contributed by atoms with E-state index in [0.717, 1.165) is 5.33 Å². The van der Waals surface area contributed by atoms with Crippen LogP contribution in [0.3, 0.4) is 0 Å². The maximum absolute atomic E-state index is 3.64. The van der Waals surface area contributed by atoms with E-state index in [1.807, 2.05) is 0 Å². The van der Waals surface area contributed by atoms with E-state index in [1.54, 1.807) is 0 Å². The lowest BCUT2D eigenvalue weighted by atomic mass is 10.0. The highest BCUT2D eigenvalue weighted by molar-refractivity contribution is 9.09. The van der Waals surface area contributed by atoms with E-state index in [1.165, 1.54) is 41.8 Å². The molecule has 0 spiro atoms. The average molecular weight is 282 g/mol. The molecule has 0 bridgehead atoms. The smallest absolute Gasteiger partial charge is 0.0428 e. The fourth-order valence-corrected chi connectivity index (χ4v) is 3.59. The van der Waals surface area contributed by atoms with Gasteiger partial charge in [-0.2, -0.15) is 0 Å². The zero-order chi connectivity index (χ0) is 11.7. The van der Waals surface area contributed by atoms with Gasteiger partial charge >= 0.3 is 0 Å². The quantitative estimate of drug-likeness (QED) is 0.742. The van der Waals surface area contributed by atoms with Gasteiger partial charge in [-0.15, -0.1) is 0 Å². The largest absolute Gasteiger partial charge is 0.367 e. The average Bonchev–Trinajstić information content (AvgIpc) is 2.64. The summed E-state index contributed by atoms with van der Waals surface area (Å²) in [5.74, 6) is 0. The molecule has 1 saturated heterocycles. The molecule has 2 rings (SSSR count). The van der Waals surface area contributed by atoms with Gasteiger partial charge in [0, 0.05) is 23.6 Å². The van der Waals surface area contributed by atoms with E-state index in [9.17, 15) is 0 Å². The molecule has 2 heteroatoms. The van der Waals surface area contributed by atoms with Crippen LogP contribution >= 0.6 is 15.9 Å². The third-order valence-corrected chi connectivity index (χ3v) is 4.23. The minimum Gasteiger partial charge on any atom is -0.367 e. The van der Waals surface area contributed by atoms with E-state index in [0.29, 0.717) is 6.04 Å². The Morgan fingerprint density at radius 2 is 1.88 bits per heavy atom. The summed E-state index contributed by atoms with van der Waals surface area (Å²) in [4.78, 5) is 2.58. The van der Waals surface area contributed by atoms with Gasteiger partial charge in [-0.25, -0.2) is 0 Å². The van der Waals surface area contributed by atoms with Gasteiger partial charge in [-0.1, -0.05) is 33.6 Å². The number of rotatable bonds is 2. The Labute approximate surface area is 107 Å². The van der Waals surface area contributed by atoms with Gasteiger partial charge in [0.1, 0.15) is 0 Å². The number of anilines is 1. The van der Waals surface area contributed by atoms with Crippen molar-refractivity contribution in [1.29, 1.82) is 0 Å². The van der Waals surface area contributed by atoms with Crippen LogP contribution in [0.5, 0.6) is 0 Å². The number of nitrogens with zero attached hydrogens (tertiary/aromatic N) is 1. The molecule has 0 saturated carbocycles. The van der Waals surface area contributed by atoms with Crippen molar-refractivity contribution in [2.45, 2.75) is 39.7 Å². The number of aryl methyl sites for hydroxylation is 3. The molecular weight excluding hydrogens is 262 g/mol. The zero-order valence-corrected chi connectivity index (χ0v) is 12.0. The first-order valence-electron chi connectivity index (χ1n) is 6.04. The van der Waals surface area contributed by atoms with Gasteiger partial charge in [-0.05, 0) is 44.7 Å². The Hall–Kier alpha value is -0.500. The van der Waals surface area contributed by atoms with Crippen LogP contribution in [0.2, 0.25) is 0 Å². The Morgan fingerprint density at radius 3 is 2.44 bits per heavy atom. The highest BCUT2D eigenvalue weighted by Crippen LogP contribution is 2.32. The van der Waals surface area contributed by atoms with Gasteiger partial charge in [-0.3, -0.25) is 0 Å². The molecule has 0 radical (unpaired) electrons. The molecule has 1 aliphatic heterocycles. The van der Waals surface area contributed by atoms with E-state index in [-0.39, 0.29) is 0 Å². The standard InChI is InChI=1S/C14H20BrN/c1-10-7-11(2)14(12(3)8-10)16-6-4-5-13(16)9-15/h7-8,13H,4-6,9H2,1-3H3/t13-/m0/s1. The van der Waals surface area contributed by atoms with Crippen molar-refractivity contribution in [3.63, 3.8) is 0 Å². The Balaban J connectivity index is 2.39. The van der Waals surface area contributed by atoms with Crippen LogP contribution in [-0.2, 0) is 0 Å². The van der Waals surface area contributed by atoms with Gasteiger partial charge in [0.15, 0.2) is 0 Å². The maximum Gasteiger partial charge on any atom is 0.0428 e. The minimum atomic E-state index is 0.681. The topological polar surface area (TPSA) is 3.24 Å². The van der Waals surface area contributed by atoms with Crippen molar-refractivity contribution in [2.75, 3.05) is 16.8 Å². The van der Waals surface area contributed by atoms with Crippen LogP contribution < -0.4 is 4.90 Å². The van der Waals surface area contributed by atoms with Crippen molar-refractivity contribution in [3.8, 4) is 0 Å². The Morgan fingerprint density at radius 1 is 1.25 bits per heavy atom. The highest BCUT2D eigenvalue weighted by Gasteiger charge is 2.25. The summed E-state index contributed by atoms with van der Waals surface area (Å²) in [6.45, 7) is 7.86. The van der Waals surface area contributed by atoms with Crippen molar-refractivity contribution in [3.05, 3.63) is 28.8 Å². The number of alkyl halides is 1. The molecular formula is C14H20BrN. The van der Waals surface area contributed by atoms with Crippen LogP contribution in [-0.4, -0.2) is 17.9 Å². The summed E-state index contributed by atoms with van der Waals surface area (Å²) in [6, 6.07) is 5.28. The molecule has 1 fully saturated rings. The first kappa shape index (κ1) is 12.0. The summed E-state index contributed by atoms with van der Waals surface area (Å²) >= 11 is 3.64. The lowest BCUT2D eigenvalue weighted by Gasteiger charge is -2.29. The van der Waals surface area contributed by atoms with E-state index >= 15 is 0 Å². The fourth-order valence-electron chi connectivity index (χ4n) is 2.92. The highest BCUT2D eigenvalue weighted by atomic mass is 79.9. The molecule has 0 amide bonds. The summed E-state index contributed by atoms with van der Waals surface area (Å²) in [5.41, 5.74) is 5.68. The Kier molecular flexibility index (Phi) is 3.58. The number of hydrogen-bond donors (Lipinski definition) is 0. The molecule has 0 aliphatic carbocycles. The number of halogens is 1. The molecule has 0 aromatic heterocycles. The van der Waals surface area contributed by atoms with Crippen LogP contribution in [0.4, 0.5) is 5.69 Å². The van der Waals surface area contributed by atoms with Gasteiger partial charge in [0.2, 0.25) is 0 Å². The number of hydrogen-bond acceptors (Lipinski definition) is 1. The van der Waals surface area contributed by atoms with Crippen LogP contribution in [0.1, 0.15) is 29.5 Å². The third kappa shape index (κ3) is 2.13. The fraction of sp³-hybridized carbons (Fsp3) is 0.571. The molecule has 1 nitrogen and oxygen atoms in total. The zero-order valence-electron chi connectivity index (χ0n) is 10.4. The summed E-state index contributed by atoms with van der Waals surface area (Å²) in [6.07, 6.45) is 2.64. The molecule has 16 heavy (non-hydrogen) atoms. The second kappa shape index (κ2) is 4.79. The number of benzene rings is 1. The molecule has 1 aliphatic rings. The molecule has 1 aromatic carbocycles. The molecule has 88 valence electrons. The maximum atomic E-state index is 3.64. The second-order valence-electron chi connectivity index (χ2n) is 4.89. The summed E-state index contributed by atoms with van der Waals surface area (Å²) in [7, 11) is 0. The summed E-state index contributed by atoms with van der Waals surface area (Å²) < 4.78 is 0. The van der Waals surface area contributed by atoms with E-state index in [2.05, 4.69) is 53.7 Å². The van der Waals surface area contributed by atoms with Crippen molar-refractivity contribution in [2.24, 2.45) is 0 Å². The predicted octanol–water partition coefficient (Wildman–Crippen LogP) is 3.98. The monoisotopic (exact) mass is 281 g/mol. The Bertz CT molecular complexity index is 363. The first-order chi connectivity index (χ1) is 7.63. The first-order valence-corrected chi connectivity index (χ1v) is 7.16. The van der Waals surface area contributed by atoms with Crippen LogP contribution in [0, 0.1) is 20.8 Å². The lowest BCUT2D eigenvalue weighted by molar-refractivity contribution is 0.746. The van der Waals surface area contributed by atoms with Crippen molar-refractivity contribution < 1.29 is 0 Å². The molecule has 1 heterocycles. The van der Waals surface area contributed by atoms with Crippen LogP contribution in [0.15, 0.2) is 12.1 Å². The molecule has 1 aromatic rings. The van der Waals surface area contributed by atoms with E-state index in [4.69, 9.17) is 0 Å². The van der Waals surface area contributed by atoms with Crippen molar-refractivity contribution in [1.82, 2.24) is 0 Å². The van der Waals surface area contributed by atoms with Gasteiger partial charge in [0.25, 0.3) is 0 Å². The van der Waals surface area contributed by atoms with Crippen LogP contribution in [0.25, 0.3) is 0 Å². The molecule has 0 N–H and O–H groups in total. The predicted molar refractivity (Wildman–Crippen MR) is 74.8 cm³/mol. The summed E-state index contributed by atoms with van der Waals surface area (Å²) in [5, 5.41) is 1.08. The molecule has 1 atom stereocenters. The van der Waals surface area contributed by atoms with Crippen molar-refractivity contribution >= 4 is 21.6 Å². The lowest BCUT2D eigenvalue weighted by Crippen LogP contribution is -2.31. The minimum absolute atomic E-state index is 0.681. The third-order valence-electron chi connectivity index (χ3n) is 3.48. The van der Waals surface area contributed by atoms with E-state index < -0.39 is 0 Å². The van der Waals surface area contributed by atoms with Gasteiger partial charge in [0.05, 0.1) is 0 Å². The SMILES string of the molecule is Cc1cc(C)c(N2CCC[C@H]2CBr)c(C)c1. The second-order valence-corrected chi connectivity index (χ2v) is 5.54. The normalized spacial score (nSPS) is 20.5.